The van der Waals surface area contributed by atoms with Gasteiger partial charge in [-0.05, 0) is 37.7 Å². The van der Waals surface area contributed by atoms with E-state index in [2.05, 4.69) is 22.2 Å². The number of halogens is 2. The van der Waals surface area contributed by atoms with Crippen molar-refractivity contribution in [2.24, 2.45) is 0 Å². The third-order valence-electron chi connectivity index (χ3n) is 3.92. The first-order valence-electron chi connectivity index (χ1n) is 7.66. The molecule has 2 rings (SSSR count). The molecular weight excluding hydrogens is 321 g/mol. The Labute approximate surface area is 142 Å². The van der Waals surface area contributed by atoms with E-state index in [1.54, 1.807) is 12.1 Å². The fourth-order valence-corrected chi connectivity index (χ4v) is 2.82. The SMILES string of the molecule is CN1CCN(CCCNC(=O)Cc2ccc(Cl)c(Cl)c2)CC1. The van der Waals surface area contributed by atoms with Gasteiger partial charge in [0.15, 0.2) is 0 Å². The highest BCUT2D eigenvalue weighted by Gasteiger charge is 2.13. The van der Waals surface area contributed by atoms with Crippen LogP contribution in [0.1, 0.15) is 12.0 Å². The van der Waals surface area contributed by atoms with E-state index in [9.17, 15) is 4.79 Å². The van der Waals surface area contributed by atoms with Crippen molar-refractivity contribution in [3.05, 3.63) is 33.8 Å². The lowest BCUT2D eigenvalue weighted by Gasteiger charge is -2.32. The second-order valence-electron chi connectivity index (χ2n) is 5.77. The Kier molecular flexibility index (Phi) is 6.96. The molecule has 122 valence electrons. The van der Waals surface area contributed by atoms with Gasteiger partial charge in [0.2, 0.25) is 5.91 Å². The lowest BCUT2D eigenvalue weighted by molar-refractivity contribution is -0.120. The molecule has 1 aromatic carbocycles. The van der Waals surface area contributed by atoms with Crippen molar-refractivity contribution in [1.29, 1.82) is 0 Å². The Hall–Kier alpha value is -0.810. The van der Waals surface area contributed by atoms with E-state index < -0.39 is 0 Å². The Morgan fingerprint density at radius 2 is 1.91 bits per heavy atom. The molecule has 1 aliphatic heterocycles. The van der Waals surface area contributed by atoms with Crippen LogP contribution in [-0.2, 0) is 11.2 Å². The molecule has 1 saturated heterocycles. The molecule has 6 heteroatoms. The number of nitrogens with one attached hydrogen (secondary N) is 1. The van der Waals surface area contributed by atoms with E-state index in [0.717, 1.165) is 44.7 Å². The van der Waals surface area contributed by atoms with Crippen molar-refractivity contribution in [3.63, 3.8) is 0 Å². The largest absolute Gasteiger partial charge is 0.356 e. The quantitative estimate of drug-likeness (QED) is 0.805. The standard InChI is InChI=1S/C16H23Cl2N3O/c1-20-7-9-21(10-8-20)6-2-5-19-16(22)12-13-3-4-14(17)15(18)11-13/h3-4,11H,2,5-10,12H2,1H3,(H,19,22). The van der Waals surface area contributed by atoms with Crippen molar-refractivity contribution >= 4 is 29.1 Å². The van der Waals surface area contributed by atoms with Crippen LogP contribution in [0.3, 0.4) is 0 Å². The minimum Gasteiger partial charge on any atom is -0.356 e. The average molecular weight is 344 g/mol. The molecule has 1 amide bonds. The number of nitrogens with zero attached hydrogens (tertiary/aromatic N) is 2. The minimum atomic E-state index is 0.0248. The topological polar surface area (TPSA) is 35.6 Å². The van der Waals surface area contributed by atoms with Crippen LogP contribution in [0.5, 0.6) is 0 Å². The molecule has 22 heavy (non-hydrogen) atoms. The van der Waals surface area contributed by atoms with E-state index in [-0.39, 0.29) is 5.91 Å². The molecule has 4 nitrogen and oxygen atoms in total. The molecule has 0 bridgehead atoms. The first-order valence-corrected chi connectivity index (χ1v) is 8.42. The first kappa shape index (κ1) is 17.5. The summed E-state index contributed by atoms with van der Waals surface area (Å²) in [6, 6.07) is 5.30. The number of piperazine rings is 1. The van der Waals surface area contributed by atoms with Crippen molar-refractivity contribution in [3.8, 4) is 0 Å². The first-order chi connectivity index (χ1) is 10.5. The van der Waals surface area contributed by atoms with Crippen molar-refractivity contribution in [1.82, 2.24) is 15.1 Å². The van der Waals surface area contributed by atoms with Gasteiger partial charge in [-0.2, -0.15) is 0 Å². The molecular formula is C16H23Cl2N3O. The zero-order valence-electron chi connectivity index (χ0n) is 12.9. The summed E-state index contributed by atoms with van der Waals surface area (Å²) in [6.45, 7) is 6.25. The van der Waals surface area contributed by atoms with E-state index in [1.807, 2.05) is 6.07 Å². The molecule has 1 aromatic rings. The summed E-state index contributed by atoms with van der Waals surface area (Å²) < 4.78 is 0. The summed E-state index contributed by atoms with van der Waals surface area (Å²) in [6.07, 6.45) is 1.32. The number of carbonyl (C=O) groups excluding carboxylic acids is 1. The molecule has 1 fully saturated rings. The van der Waals surface area contributed by atoms with Gasteiger partial charge in [0.1, 0.15) is 0 Å². The second-order valence-corrected chi connectivity index (χ2v) is 6.59. The van der Waals surface area contributed by atoms with Crippen LogP contribution in [0.2, 0.25) is 10.0 Å². The van der Waals surface area contributed by atoms with Gasteiger partial charge in [-0.3, -0.25) is 4.79 Å². The van der Waals surface area contributed by atoms with Crippen LogP contribution in [-0.4, -0.2) is 62.0 Å². The summed E-state index contributed by atoms with van der Waals surface area (Å²) in [5.41, 5.74) is 0.881. The van der Waals surface area contributed by atoms with Gasteiger partial charge in [0, 0.05) is 32.7 Å². The van der Waals surface area contributed by atoms with Crippen LogP contribution in [0.15, 0.2) is 18.2 Å². The summed E-state index contributed by atoms with van der Waals surface area (Å²) in [7, 11) is 2.15. The van der Waals surface area contributed by atoms with Gasteiger partial charge in [-0.15, -0.1) is 0 Å². The Balaban J connectivity index is 1.62. The van der Waals surface area contributed by atoms with Crippen molar-refractivity contribution in [2.75, 3.05) is 46.3 Å². The molecule has 1 aliphatic rings. The Bertz CT molecular complexity index is 502. The number of rotatable bonds is 6. The van der Waals surface area contributed by atoms with E-state index in [0.29, 0.717) is 23.0 Å². The maximum Gasteiger partial charge on any atom is 0.224 e. The average Bonchev–Trinajstić information content (AvgIpc) is 2.49. The molecule has 0 aliphatic carbocycles. The van der Waals surface area contributed by atoms with E-state index >= 15 is 0 Å². The number of likely N-dealkylation sites (N-methyl/N-ethyl adjacent to an activating group) is 1. The number of hydrogen-bond acceptors (Lipinski definition) is 3. The molecule has 1 N–H and O–H groups in total. The lowest BCUT2D eigenvalue weighted by Crippen LogP contribution is -2.45. The summed E-state index contributed by atoms with van der Waals surface area (Å²) in [4.78, 5) is 16.7. The van der Waals surface area contributed by atoms with Gasteiger partial charge in [0.05, 0.1) is 16.5 Å². The lowest BCUT2D eigenvalue weighted by atomic mass is 10.1. The molecule has 0 aromatic heterocycles. The fourth-order valence-electron chi connectivity index (χ4n) is 2.50. The summed E-state index contributed by atoms with van der Waals surface area (Å²) in [5, 5.41) is 3.96. The molecule has 0 spiro atoms. The van der Waals surface area contributed by atoms with Gasteiger partial charge in [-0.25, -0.2) is 0 Å². The summed E-state index contributed by atoms with van der Waals surface area (Å²) >= 11 is 11.8. The fraction of sp³-hybridized carbons (Fsp3) is 0.562. The molecule has 0 saturated carbocycles. The van der Waals surface area contributed by atoms with Gasteiger partial charge < -0.3 is 15.1 Å². The Morgan fingerprint density at radius 3 is 2.59 bits per heavy atom. The molecule has 1 heterocycles. The normalized spacial score (nSPS) is 16.7. The maximum atomic E-state index is 11.9. The highest BCUT2D eigenvalue weighted by Crippen LogP contribution is 2.22. The summed E-state index contributed by atoms with van der Waals surface area (Å²) in [5.74, 6) is 0.0248. The monoisotopic (exact) mass is 343 g/mol. The van der Waals surface area contributed by atoms with Crippen LogP contribution >= 0.6 is 23.2 Å². The van der Waals surface area contributed by atoms with Crippen molar-refractivity contribution in [2.45, 2.75) is 12.8 Å². The third kappa shape index (κ3) is 5.76. The number of amides is 1. The molecule has 0 atom stereocenters. The van der Waals surface area contributed by atoms with Gasteiger partial charge >= 0.3 is 0 Å². The van der Waals surface area contributed by atoms with Crippen LogP contribution in [0, 0.1) is 0 Å². The molecule has 0 radical (unpaired) electrons. The highest BCUT2D eigenvalue weighted by molar-refractivity contribution is 6.42. The second kappa shape index (κ2) is 8.73. The Morgan fingerprint density at radius 1 is 1.18 bits per heavy atom. The third-order valence-corrected chi connectivity index (χ3v) is 4.66. The molecule has 0 unspecified atom stereocenters. The van der Waals surface area contributed by atoms with Crippen molar-refractivity contribution < 1.29 is 4.79 Å². The number of carbonyl (C=O) groups is 1. The van der Waals surface area contributed by atoms with Crippen LogP contribution < -0.4 is 5.32 Å². The number of hydrogen-bond donors (Lipinski definition) is 1. The smallest absolute Gasteiger partial charge is 0.224 e. The van der Waals surface area contributed by atoms with Crippen LogP contribution in [0.4, 0.5) is 0 Å². The van der Waals surface area contributed by atoms with Crippen LogP contribution in [0.25, 0.3) is 0 Å². The zero-order valence-corrected chi connectivity index (χ0v) is 14.5. The maximum absolute atomic E-state index is 11.9. The predicted molar refractivity (Wildman–Crippen MR) is 91.7 cm³/mol. The van der Waals surface area contributed by atoms with Gasteiger partial charge in [-0.1, -0.05) is 29.3 Å². The van der Waals surface area contributed by atoms with E-state index in [1.165, 1.54) is 0 Å². The highest BCUT2D eigenvalue weighted by atomic mass is 35.5. The predicted octanol–water partition coefficient (Wildman–Crippen LogP) is 2.29. The number of benzene rings is 1. The van der Waals surface area contributed by atoms with Gasteiger partial charge in [0.25, 0.3) is 0 Å². The minimum absolute atomic E-state index is 0.0248. The zero-order chi connectivity index (χ0) is 15.9. The van der Waals surface area contributed by atoms with E-state index in [4.69, 9.17) is 23.2 Å².